The largest absolute Gasteiger partial charge is 1.00 e. The molecule has 0 aliphatic rings. The third-order valence-corrected chi connectivity index (χ3v) is 1.49. The van der Waals surface area contributed by atoms with E-state index < -0.39 is 6.10 Å². The summed E-state index contributed by atoms with van der Waals surface area (Å²) in [5, 5.41) is 11.2. The van der Waals surface area contributed by atoms with E-state index in [0.717, 1.165) is 0 Å². The molecule has 4 heteroatoms. The van der Waals surface area contributed by atoms with Crippen molar-refractivity contribution in [1.82, 2.24) is 0 Å². The number of rotatable bonds is 7. The Morgan fingerprint density at radius 1 is 1.12 bits per heavy atom. The molecule has 0 aliphatic heterocycles. The first-order chi connectivity index (χ1) is 7.31. The molecule has 82 valence electrons. The monoisotopic (exact) mass is 218 g/mol. The number of allylic oxidation sites excluding steroid dienone is 6. The summed E-state index contributed by atoms with van der Waals surface area (Å²) in [6.07, 6.45) is 14.7. The van der Waals surface area contributed by atoms with Crippen molar-refractivity contribution in [1.29, 1.82) is 0 Å². The molecule has 0 saturated heterocycles. The second-order valence-corrected chi connectivity index (χ2v) is 2.73. The van der Waals surface area contributed by atoms with E-state index >= 15 is 0 Å². The van der Waals surface area contributed by atoms with Gasteiger partial charge in [0.25, 0.3) is 0 Å². The summed E-state index contributed by atoms with van der Waals surface area (Å²) in [7, 11) is 1.58. The van der Waals surface area contributed by atoms with Crippen LogP contribution in [0.1, 0.15) is 6.42 Å². The smallest absolute Gasteiger partial charge is 0.849 e. The average molecular weight is 218 g/mol. The zero-order valence-corrected chi connectivity index (χ0v) is 10.9. The van der Waals surface area contributed by atoms with Crippen LogP contribution >= 0.6 is 0 Å². The van der Waals surface area contributed by atoms with Crippen LogP contribution in [0.25, 0.3) is 0 Å². The summed E-state index contributed by atoms with van der Waals surface area (Å²) in [5.74, 6) is 0. The Kier molecular flexibility index (Phi) is 23.2. The summed E-state index contributed by atoms with van der Waals surface area (Å²) < 4.78 is 4.69. The summed E-state index contributed by atoms with van der Waals surface area (Å²) in [5.41, 5.74) is 0. The molecule has 1 atom stereocenters. The van der Waals surface area contributed by atoms with E-state index in [2.05, 4.69) is 0 Å². The normalized spacial score (nSPS) is 12.8. The van der Waals surface area contributed by atoms with Crippen molar-refractivity contribution >= 4 is 0 Å². The van der Waals surface area contributed by atoms with Gasteiger partial charge in [-0.2, -0.15) is 6.08 Å². The minimum Gasteiger partial charge on any atom is -0.849 e. The van der Waals surface area contributed by atoms with Crippen molar-refractivity contribution in [2.45, 2.75) is 12.5 Å². The quantitative estimate of drug-likeness (QED) is 0.188. The van der Waals surface area contributed by atoms with E-state index in [1.807, 2.05) is 0 Å². The second-order valence-electron chi connectivity index (χ2n) is 2.73. The zero-order chi connectivity index (χ0) is 11.4. The van der Waals surface area contributed by atoms with Crippen molar-refractivity contribution < 1.29 is 47.6 Å². The van der Waals surface area contributed by atoms with Crippen LogP contribution in [0.4, 0.5) is 0 Å². The summed E-state index contributed by atoms with van der Waals surface area (Å²) >= 11 is 0. The van der Waals surface area contributed by atoms with Crippen LogP contribution in [0.3, 0.4) is 0 Å². The van der Waals surface area contributed by atoms with E-state index in [9.17, 15) is 5.11 Å². The molecular weight excluding hydrogens is 202 g/mol. The first-order valence-electron chi connectivity index (χ1n) is 4.70. The fraction of sp³-hybridized carbons (Fsp3) is 0.231. The van der Waals surface area contributed by atoms with Crippen LogP contribution in [-0.4, -0.2) is 13.2 Å². The van der Waals surface area contributed by atoms with Gasteiger partial charge >= 0.3 is 37.7 Å². The van der Waals surface area contributed by atoms with Gasteiger partial charge in [-0.15, -0.1) is 6.10 Å². The van der Waals surface area contributed by atoms with Crippen molar-refractivity contribution in [3.63, 3.8) is 0 Å². The molecule has 0 rings (SSSR count). The minimum absolute atomic E-state index is 0. The molecule has 0 saturated carbocycles. The molecule has 0 aromatic rings. The average Bonchev–Trinajstić information content (AvgIpc) is 2.23. The van der Waals surface area contributed by atoms with Gasteiger partial charge in [-0.25, -0.2) is 12.2 Å². The zero-order valence-electron chi connectivity index (χ0n) is 10.9. The second kappa shape index (κ2) is 18.0. The third-order valence-electron chi connectivity index (χ3n) is 1.49. The molecule has 2 nitrogen and oxygen atoms in total. The SMILES string of the molecule is [CH-]=C/C=C/CC([O-])/C=C/C=C/C=C/OC.[Li+].[Li+]. The Hall–Kier alpha value is -0.345. The Balaban J connectivity index is -0.000000980. The van der Waals surface area contributed by atoms with E-state index in [-0.39, 0.29) is 37.7 Å². The van der Waals surface area contributed by atoms with Crippen LogP contribution < -0.4 is 42.8 Å². The van der Waals surface area contributed by atoms with Crippen molar-refractivity contribution in [2.75, 3.05) is 7.11 Å². The van der Waals surface area contributed by atoms with Crippen molar-refractivity contribution in [2.24, 2.45) is 0 Å². The molecule has 0 fully saturated rings. The van der Waals surface area contributed by atoms with Gasteiger partial charge in [0.15, 0.2) is 0 Å². The molecule has 0 amide bonds. The standard InChI is InChI=1S/C13H16O2.2Li/c1-3-4-7-10-13(14)11-8-5-6-9-12-15-2;;/h1,3-9,11-13H,10H2,2H3;;/q-2;2*+1/b6-5+,7-4+,11-8+,12-9+;;. The molecule has 0 spiro atoms. The van der Waals surface area contributed by atoms with Gasteiger partial charge in [-0.3, -0.25) is 6.58 Å². The Morgan fingerprint density at radius 3 is 2.35 bits per heavy atom. The number of hydrogen-bond acceptors (Lipinski definition) is 2. The number of ether oxygens (including phenoxy) is 1. The summed E-state index contributed by atoms with van der Waals surface area (Å²) in [6, 6.07) is 0. The van der Waals surface area contributed by atoms with Crippen LogP contribution in [-0.2, 0) is 4.74 Å². The van der Waals surface area contributed by atoms with E-state index in [0.29, 0.717) is 6.42 Å². The maximum absolute atomic E-state index is 11.2. The van der Waals surface area contributed by atoms with E-state index in [1.165, 1.54) is 6.08 Å². The van der Waals surface area contributed by atoms with Gasteiger partial charge in [0, 0.05) is 0 Å². The summed E-state index contributed by atoms with van der Waals surface area (Å²) in [6.45, 7) is 5.12. The van der Waals surface area contributed by atoms with E-state index in [4.69, 9.17) is 11.3 Å². The summed E-state index contributed by atoms with van der Waals surface area (Å²) in [4.78, 5) is 0. The van der Waals surface area contributed by atoms with Gasteiger partial charge in [0.2, 0.25) is 0 Å². The third kappa shape index (κ3) is 18.2. The van der Waals surface area contributed by atoms with Crippen LogP contribution in [0.5, 0.6) is 0 Å². The van der Waals surface area contributed by atoms with Crippen LogP contribution in [0, 0.1) is 6.58 Å². The maximum atomic E-state index is 11.2. The Bertz CT molecular complexity index is 269. The predicted octanol–water partition coefficient (Wildman–Crippen LogP) is -4.07. The fourth-order valence-corrected chi connectivity index (χ4v) is 0.810. The number of hydrogen-bond donors (Lipinski definition) is 0. The molecule has 0 heterocycles. The molecular formula is C13H16Li2O2. The van der Waals surface area contributed by atoms with Gasteiger partial charge in [-0.1, -0.05) is 30.7 Å². The van der Waals surface area contributed by atoms with E-state index in [1.54, 1.807) is 55.9 Å². The van der Waals surface area contributed by atoms with Crippen molar-refractivity contribution in [3.8, 4) is 0 Å². The van der Waals surface area contributed by atoms with Crippen LogP contribution in [0.15, 0.2) is 54.9 Å². The topological polar surface area (TPSA) is 32.3 Å². The molecule has 0 radical (unpaired) electrons. The van der Waals surface area contributed by atoms with Crippen molar-refractivity contribution in [3.05, 3.63) is 61.4 Å². The first kappa shape index (κ1) is 21.9. The molecule has 0 aromatic carbocycles. The molecule has 17 heavy (non-hydrogen) atoms. The molecule has 0 bridgehead atoms. The molecule has 0 aliphatic carbocycles. The van der Waals surface area contributed by atoms with Gasteiger partial charge in [0.1, 0.15) is 0 Å². The Morgan fingerprint density at radius 2 is 1.76 bits per heavy atom. The molecule has 1 unspecified atom stereocenters. The first-order valence-corrected chi connectivity index (χ1v) is 4.70. The predicted molar refractivity (Wildman–Crippen MR) is 60.8 cm³/mol. The van der Waals surface area contributed by atoms with Crippen LogP contribution in [0.2, 0.25) is 0 Å². The van der Waals surface area contributed by atoms with Gasteiger partial charge in [-0.05, 0) is 6.08 Å². The minimum atomic E-state index is -0.725. The Labute approximate surface area is 128 Å². The van der Waals surface area contributed by atoms with Gasteiger partial charge < -0.3 is 9.84 Å². The number of methoxy groups -OCH3 is 1. The molecule has 0 aromatic heterocycles. The van der Waals surface area contributed by atoms with Gasteiger partial charge in [0.05, 0.1) is 13.4 Å². The fourth-order valence-electron chi connectivity index (χ4n) is 0.810. The maximum Gasteiger partial charge on any atom is 1.00 e. The molecule has 0 N–H and O–H groups in total.